The van der Waals surface area contributed by atoms with Gasteiger partial charge in [-0.05, 0) is 26.0 Å². The molecular weight excluding hydrogens is 190 g/mol. The molecule has 0 radical (unpaired) electrons. The van der Waals surface area contributed by atoms with E-state index in [0.29, 0.717) is 17.5 Å². The molecule has 0 amide bonds. The van der Waals surface area contributed by atoms with Crippen LogP contribution in [0, 0.1) is 32.1 Å². The topological polar surface area (TPSA) is 54.8 Å². The van der Waals surface area contributed by atoms with Crippen LogP contribution in [0.25, 0.3) is 5.88 Å². The predicted octanol–water partition coefficient (Wildman–Crippen LogP) is 2.26. The van der Waals surface area contributed by atoms with Crippen LogP contribution in [0.2, 0.25) is 0 Å². The zero-order chi connectivity index (χ0) is 11.0. The van der Waals surface area contributed by atoms with Gasteiger partial charge in [0, 0.05) is 18.3 Å². The molecule has 15 heavy (non-hydrogen) atoms. The summed E-state index contributed by atoms with van der Waals surface area (Å²) in [4.78, 5) is 4.02. The lowest BCUT2D eigenvalue weighted by molar-refractivity contribution is 0.496. The number of hydrogen-bond acceptors (Lipinski definition) is 3. The van der Waals surface area contributed by atoms with Gasteiger partial charge < -0.3 is 4.42 Å². The van der Waals surface area contributed by atoms with Crippen molar-refractivity contribution in [2.45, 2.75) is 20.8 Å². The Morgan fingerprint density at radius 2 is 1.87 bits per heavy atom. The molecule has 0 spiro atoms. The Bertz CT molecular complexity index is 523. The Morgan fingerprint density at radius 3 is 2.40 bits per heavy atom. The second kappa shape index (κ2) is 3.28. The summed E-state index contributed by atoms with van der Waals surface area (Å²) in [6, 6.07) is 5.99. The van der Waals surface area contributed by atoms with E-state index in [0.717, 1.165) is 11.4 Å². The molecule has 2 aromatic heterocycles. The summed E-state index contributed by atoms with van der Waals surface area (Å²) >= 11 is 0. The van der Waals surface area contributed by atoms with Crippen LogP contribution < -0.4 is 0 Å². The van der Waals surface area contributed by atoms with Crippen LogP contribution >= 0.6 is 0 Å². The van der Waals surface area contributed by atoms with Gasteiger partial charge in [0.25, 0.3) is 0 Å². The second-order valence-electron chi connectivity index (χ2n) is 3.45. The molecule has 0 N–H and O–H groups in total. The first-order valence-corrected chi connectivity index (χ1v) is 4.66. The Balaban J connectivity index is 2.69. The fraction of sp³-hybridized carbons (Fsp3) is 0.273. The minimum absolute atomic E-state index is 0.329. The molecule has 2 heterocycles. The third-order valence-electron chi connectivity index (χ3n) is 2.30. The average Bonchev–Trinajstić information content (AvgIpc) is 2.70. The molecule has 0 bridgehead atoms. The van der Waals surface area contributed by atoms with E-state index in [9.17, 15) is 0 Å². The van der Waals surface area contributed by atoms with Gasteiger partial charge in [-0.1, -0.05) is 0 Å². The molecule has 76 valence electrons. The molecule has 0 aliphatic heterocycles. The number of hydrogen-bond donors (Lipinski definition) is 0. The highest BCUT2D eigenvalue weighted by molar-refractivity contribution is 5.40. The van der Waals surface area contributed by atoms with E-state index in [-0.39, 0.29) is 0 Å². The first kappa shape index (κ1) is 9.53. The molecule has 4 nitrogen and oxygen atoms in total. The van der Waals surface area contributed by atoms with Gasteiger partial charge in [-0.25, -0.2) is 4.98 Å². The Morgan fingerprint density at radius 1 is 1.27 bits per heavy atom. The van der Waals surface area contributed by atoms with Crippen molar-refractivity contribution in [3.8, 4) is 12.0 Å². The van der Waals surface area contributed by atoms with Crippen LogP contribution in [0.1, 0.15) is 23.0 Å². The van der Waals surface area contributed by atoms with Crippen LogP contribution in [0.3, 0.4) is 0 Å². The van der Waals surface area contributed by atoms with E-state index in [1.165, 1.54) is 0 Å². The van der Waals surface area contributed by atoms with Crippen LogP contribution in [-0.2, 0) is 0 Å². The fourth-order valence-electron chi connectivity index (χ4n) is 1.63. The Labute approximate surface area is 87.8 Å². The van der Waals surface area contributed by atoms with Crippen molar-refractivity contribution >= 4 is 0 Å². The van der Waals surface area contributed by atoms with Crippen molar-refractivity contribution in [2.75, 3.05) is 0 Å². The molecule has 0 aliphatic rings. The monoisotopic (exact) mass is 201 g/mol. The molecule has 4 heteroatoms. The summed E-state index contributed by atoms with van der Waals surface area (Å²) in [5.41, 5.74) is 2.38. The lowest BCUT2D eigenvalue weighted by Gasteiger charge is -2.04. The van der Waals surface area contributed by atoms with Crippen molar-refractivity contribution in [2.24, 2.45) is 0 Å². The number of rotatable bonds is 1. The smallest absolute Gasteiger partial charge is 0.243 e. The standard InChI is InChI=1S/C11H11N3O/c1-7-4-5-8(2)14(7)11-10(6-12)13-9(3)15-11/h4-5H,1-3H3. The van der Waals surface area contributed by atoms with Gasteiger partial charge in [-0.3, -0.25) is 4.57 Å². The van der Waals surface area contributed by atoms with Crippen molar-refractivity contribution in [3.63, 3.8) is 0 Å². The van der Waals surface area contributed by atoms with E-state index < -0.39 is 0 Å². The molecule has 2 rings (SSSR count). The average molecular weight is 201 g/mol. The van der Waals surface area contributed by atoms with Gasteiger partial charge >= 0.3 is 0 Å². The summed E-state index contributed by atoms with van der Waals surface area (Å²) < 4.78 is 7.33. The summed E-state index contributed by atoms with van der Waals surface area (Å²) in [6.45, 7) is 5.66. The predicted molar refractivity (Wildman–Crippen MR) is 54.8 cm³/mol. The largest absolute Gasteiger partial charge is 0.423 e. The van der Waals surface area contributed by atoms with Crippen LogP contribution in [0.4, 0.5) is 0 Å². The van der Waals surface area contributed by atoms with Crippen molar-refractivity contribution < 1.29 is 4.42 Å². The molecule has 0 fully saturated rings. The summed E-state index contributed by atoms with van der Waals surface area (Å²) in [7, 11) is 0. The molecule has 0 unspecified atom stereocenters. The van der Waals surface area contributed by atoms with Crippen LogP contribution in [0.15, 0.2) is 16.5 Å². The van der Waals surface area contributed by atoms with E-state index in [2.05, 4.69) is 4.98 Å². The van der Waals surface area contributed by atoms with Gasteiger partial charge in [-0.15, -0.1) is 0 Å². The minimum Gasteiger partial charge on any atom is -0.423 e. The first-order chi connectivity index (χ1) is 7.13. The van der Waals surface area contributed by atoms with E-state index in [1.54, 1.807) is 6.92 Å². The van der Waals surface area contributed by atoms with Crippen LogP contribution in [0.5, 0.6) is 0 Å². The second-order valence-corrected chi connectivity index (χ2v) is 3.45. The SMILES string of the molecule is Cc1nc(C#N)c(-n2c(C)ccc2C)o1. The normalized spacial score (nSPS) is 10.3. The van der Waals surface area contributed by atoms with E-state index >= 15 is 0 Å². The lowest BCUT2D eigenvalue weighted by Crippen LogP contribution is -1.99. The zero-order valence-electron chi connectivity index (χ0n) is 8.90. The molecule has 0 saturated heterocycles. The van der Waals surface area contributed by atoms with Gasteiger partial charge in [0.1, 0.15) is 6.07 Å². The molecule has 0 aliphatic carbocycles. The molecule has 0 atom stereocenters. The fourth-order valence-corrected chi connectivity index (χ4v) is 1.63. The highest BCUT2D eigenvalue weighted by Crippen LogP contribution is 2.20. The third kappa shape index (κ3) is 1.42. The lowest BCUT2D eigenvalue weighted by atomic mass is 10.4. The van der Waals surface area contributed by atoms with E-state index in [4.69, 9.17) is 9.68 Å². The summed E-state index contributed by atoms with van der Waals surface area (Å²) in [5.74, 6) is 1.02. The maximum absolute atomic E-state index is 8.93. The van der Waals surface area contributed by atoms with Gasteiger partial charge in [-0.2, -0.15) is 5.26 Å². The number of nitriles is 1. The van der Waals surface area contributed by atoms with Crippen molar-refractivity contribution in [1.82, 2.24) is 9.55 Å². The minimum atomic E-state index is 0.329. The Kier molecular flexibility index (Phi) is 2.09. The summed E-state index contributed by atoms with van der Waals surface area (Å²) in [6.07, 6.45) is 0. The van der Waals surface area contributed by atoms with E-state index in [1.807, 2.05) is 36.6 Å². The number of aryl methyl sites for hydroxylation is 3. The number of nitrogens with zero attached hydrogens (tertiary/aromatic N) is 3. The number of aromatic nitrogens is 2. The maximum Gasteiger partial charge on any atom is 0.243 e. The van der Waals surface area contributed by atoms with Crippen molar-refractivity contribution in [1.29, 1.82) is 5.26 Å². The molecule has 0 saturated carbocycles. The Hall–Kier alpha value is -2.02. The third-order valence-corrected chi connectivity index (χ3v) is 2.30. The first-order valence-electron chi connectivity index (χ1n) is 4.66. The summed E-state index contributed by atoms with van der Waals surface area (Å²) in [5, 5.41) is 8.93. The van der Waals surface area contributed by atoms with Gasteiger partial charge in [0.15, 0.2) is 5.89 Å². The van der Waals surface area contributed by atoms with Gasteiger partial charge in [0.2, 0.25) is 11.6 Å². The quantitative estimate of drug-likeness (QED) is 0.711. The zero-order valence-corrected chi connectivity index (χ0v) is 8.90. The maximum atomic E-state index is 8.93. The molecule has 0 aromatic carbocycles. The molecule has 2 aromatic rings. The number of oxazole rings is 1. The van der Waals surface area contributed by atoms with Crippen LogP contribution in [-0.4, -0.2) is 9.55 Å². The highest BCUT2D eigenvalue weighted by Gasteiger charge is 2.15. The molecular formula is C11H11N3O. The van der Waals surface area contributed by atoms with Crippen molar-refractivity contribution in [3.05, 3.63) is 35.1 Å². The van der Waals surface area contributed by atoms with Gasteiger partial charge in [0.05, 0.1) is 0 Å². The highest BCUT2D eigenvalue weighted by atomic mass is 16.4.